The van der Waals surface area contributed by atoms with Crippen molar-refractivity contribution < 1.29 is 26.3 Å². The summed E-state index contributed by atoms with van der Waals surface area (Å²) in [4.78, 5) is 4.73. The number of fused-ring (bicyclic) bond motifs is 1. The van der Waals surface area contributed by atoms with Crippen LogP contribution in [0.4, 0.5) is 19.0 Å². The number of sulfone groups is 1. The Bertz CT molecular complexity index is 1590. The molecule has 5 rings (SSSR count). The molecule has 0 saturated heterocycles. The molecule has 1 aliphatic rings. The molecule has 208 valence electrons. The first-order valence-corrected chi connectivity index (χ1v) is 14.5. The molecule has 3 aromatic heterocycles. The van der Waals surface area contributed by atoms with Crippen molar-refractivity contribution in [3.8, 4) is 17.0 Å². The van der Waals surface area contributed by atoms with E-state index in [0.29, 0.717) is 43.7 Å². The average molecular weight is 563 g/mol. The summed E-state index contributed by atoms with van der Waals surface area (Å²) >= 11 is 0. The summed E-state index contributed by atoms with van der Waals surface area (Å²) in [5.74, 6) is 0.456. The van der Waals surface area contributed by atoms with Crippen LogP contribution < -0.4 is 10.1 Å². The first-order chi connectivity index (χ1) is 18.4. The van der Waals surface area contributed by atoms with Gasteiger partial charge in [0, 0.05) is 43.1 Å². The second kappa shape index (κ2) is 10.2. The minimum atomic E-state index is -4.59. The monoisotopic (exact) mass is 562 g/mol. The number of hydrogen-bond donors (Lipinski definition) is 1. The van der Waals surface area contributed by atoms with Crippen LogP contribution in [-0.2, 0) is 23.1 Å². The number of benzene rings is 1. The summed E-state index contributed by atoms with van der Waals surface area (Å²) in [5, 5.41) is 12.5. The van der Waals surface area contributed by atoms with Gasteiger partial charge in [0.15, 0.2) is 15.6 Å². The van der Waals surface area contributed by atoms with Gasteiger partial charge in [0.2, 0.25) is 5.69 Å². The first-order valence-electron chi connectivity index (χ1n) is 12.6. The van der Waals surface area contributed by atoms with Crippen LogP contribution in [0.3, 0.4) is 0 Å². The zero-order chi connectivity index (χ0) is 27.9. The van der Waals surface area contributed by atoms with Crippen molar-refractivity contribution in [1.29, 1.82) is 0 Å². The van der Waals surface area contributed by atoms with Crippen molar-refractivity contribution >= 4 is 26.6 Å². The molecule has 1 fully saturated rings. The zero-order valence-corrected chi connectivity index (χ0v) is 22.6. The van der Waals surface area contributed by atoms with Gasteiger partial charge in [0.1, 0.15) is 11.5 Å². The number of nitrogens with zero attached hydrogens (tertiary/aromatic N) is 5. The normalized spacial score (nSPS) is 18.4. The van der Waals surface area contributed by atoms with Crippen LogP contribution in [0.25, 0.3) is 22.2 Å². The molecular weight excluding hydrogens is 533 g/mol. The van der Waals surface area contributed by atoms with Gasteiger partial charge in [-0.15, -0.1) is 0 Å². The fourth-order valence-electron chi connectivity index (χ4n) is 5.00. The van der Waals surface area contributed by atoms with E-state index >= 15 is 0 Å². The Morgan fingerprint density at radius 3 is 2.41 bits per heavy atom. The number of hydrogen-bond acceptors (Lipinski definition) is 7. The van der Waals surface area contributed by atoms with Crippen LogP contribution in [0.5, 0.6) is 5.75 Å². The van der Waals surface area contributed by atoms with Crippen LogP contribution in [0.1, 0.15) is 44.3 Å². The highest BCUT2D eigenvalue weighted by Gasteiger charge is 2.39. The largest absolute Gasteiger partial charge is 0.486 e. The van der Waals surface area contributed by atoms with Crippen molar-refractivity contribution in [3.05, 3.63) is 48.4 Å². The lowest BCUT2D eigenvalue weighted by atomic mass is 9.93. The molecule has 1 N–H and O–H groups in total. The lowest BCUT2D eigenvalue weighted by Crippen LogP contribution is -2.27. The third kappa shape index (κ3) is 5.58. The standard InChI is InChI=1S/C26H29F3N6O3S/c1-4-30-23-13-21-20(14-31-23)24(16-5-11-19(12-6-16)39(3,36)37)32-35(21)17-7-9-18(10-8-17)38-22-15-34(2)33-25(22)26(27,28)29/h5-6,11-15,17-18H,4,7-10H2,1-3H3,(H,30,31)/t17-,18+. The number of aryl methyl sites for hydroxylation is 1. The number of aromatic nitrogens is 5. The van der Waals surface area contributed by atoms with E-state index in [2.05, 4.69) is 15.4 Å². The Balaban J connectivity index is 1.42. The summed E-state index contributed by atoms with van der Waals surface area (Å²) in [7, 11) is -1.90. The van der Waals surface area contributed by atoms with Gasteiger partial charge in [0.05, 0.1) is 28.8 Å². The number of halogens is 3. The maximum Gasteiger partial charge on any atom is 0.438 e. The molecule has 0 atom stereocenters. The number of alkyl halides is 3. The number of pyridine rings is 1. The van der Waals surface area contributed by atoms with E-state index in [4.69, 9.17) is 9.84 Å². The van der Waals surface area contributed by atoms with Crippen molar-refractivity contribution in [2.75, 3.05) is 18.1 Å². The molecule has 1 aromatic carbocycles. The molecule has 0 aliphatic heterocycles. The Labute approximate surface area is 223 Å². The summed E-state index contributed by atoms with van der Waals surface area (Å²) in [5.41, 5.74) is 1.31. The highest BCUT2D eigenvalue weighted by molar-refractivity contribution is 7.90. The highest BCUT2D eigenvalue weighted by atomic mass is 32.2. The van der Waals surface area contributed by atoms with E-state index < -0.39 is 21.7 Å². The Morgan fingerprint density at radius 1 is 1.10 bits per heavy atom. The molecule has 39 heavy (non-hydrogen) atoms. The van der Waals surface area contributed by atoms with Crippen molar-refractivity contribution in [2.24, 2.45) is 7.05 Å². The van der Waals surface area contributed by atoms with Crippen LogP contribution in [0.15, 0.2) is 47.6 Å². The van der Waals surface area contributed by atoms with Gasteiger partial charge in [-0.2, -0.15) is 23.4 Å². The molecule has 1 saturated carbocycles. The molecular formula is C26H29F3N6O3S. The molecule has 0 radical (unpaired) electrons. The summed E-state index contributed by atoms with van der Waals surface area (Å²) < 4.78 is 72.7. The van der Waals surface area contributed by atoms with Crippen LogP contribution in [-0.4, -0.2) is 51.9 Å². The fraction of sp³-hybridized carbons (Fsp3) is 0.423. The highest BCUT2D eigenvalue weighted by Crippen LogP contribution is 2.39. The third-order valence-electron chi connectivity index (χ3n) is 6.85. The van der Waals surface area contributed by atoms with Crippen molar-refractivity contribution in [1.82, 2.24) is 24.5 Å². The van der Waals surface area contributed by atoms with Gasteiger partial charge in [0.25, 0.3) is 0 Å². The number of ether oxygens (including phenoxy) is 1. The molecule has 13 heteroatoms. The quantitative estimate of drug-likeness (QED) is 0.328. The number of nitrogens with one attached hydrogen (secondary N) is 1. The van der Waals surface area contributed by atoms with Crippen LogP contribution in [0, 0.1) is 0 Å². The maximum atomic E-state index is 13.4. The topological polar surface area (TPSA) is 104 Å². The van der Waals surface area contributed by atoms with Gasteiger partial charge in [-0.3, -0.25) is 9.36 Å². The number of rotatable bonds is 7. The molecule has 0 spiro atoms. The van der Waals surface area contributed by atoms with E-state index in [1.807, 2.05) is 17.7 Å². The van der Waals surface area contributed by atoms with Gasteiger partial charge >= 0.3 is 6.18 Å². The van der Waals surface area contributed by atoms with E-state index in [0.717, 1.165) is 27.4 Å². The van der Waals surface area contributed by atoms with Crippen LogP contribution >= 0.6 is 0 Å². The third-order valence-corrected chi connectivity index (χ3v) is 7.98. The summed E-state index contributed by atoms with van der Waals surface area (Å²) in [6.45, 7) is 2.68. The van der Waals surface area contributed by atoms with Crippen molar-refractivity contribution in [3.63, 3.8) is 0 Å². The van der Waals surface area contributed by atoms with E-state index in [-0.39, 0.29) is 22.8 Å². The molecule has 0 bridgehead atoms. The van der Waals surface area contributed by atoms with E-state index in [9.17, 15) is 21.6 Å². The lowest BCUT2D eigenvalue weighted by Gasteiger charge is -2.29. The van der Waals surface area contributed by atoms with Gasteiger partial charge in [-0.25, -0.2) is 13.4 Å². The van der Waals surface area contributed by atoms with Gasteiger partial charge < -0.3 is 10.1 Å². The van der Waals surface area contributed by atoms with E-state index in [1.165, 1.54) is 13.2 Å². The smallest absolute Gasteiger partial charge is 0.438 e. The second-order valence-electron chi connectivity index (χ2n) is 9.77. The fourth-order valence-corrected chi connectivity index (χ4v) is 5.63. The Morgan fingerprint density at radius 2 is 1.79 bits per heavy atom. The minimum Gasteiger partial charge on any atom is -0.486 e. The number of anilines is 1. The molecule has 9 nitrogen and oxygen atoms in total. The predicted octanol–water partition coefficient (Wildman–Crippen LogP) is 5.25. The maximum absolute atomic E-state index is 13.4. The Hall–Kier alpha value is -3.61. The Kier molecular flexibility index (Phi) is 7.04. The minimum absolute atomic E-state index is 0.00394. The SMILES string of the molecule is CCNc1cc2c(cn1)c(-c1ccc(S(C)(=O)=O)cc1)nn2[C@H]1CC[C@@H](Oc2cn(C)nc2C(F)(F)F)CC1. The van der Waals surface area contributed by atoms with E-state index in [1.54, 1.807) is 30.5 Å². The molecule has 1 aliphatic carbocycles. The first kappa shape index (κ1) is 27.0. The van der Waals surface area contributed by atoms with Gasteiger partial charge in [-0.1, -0.05) is 12.1 Å². The van der Waals surface area contributed by atoms with Crippen molar-refractivity contribution in [2.45, 2.75) is 55.8 Å². The molecule has 0 unspecified atom stereocenters. The summed E-state index contributed by atoms with van der Waals surface area (Å²) in [6, 6.07) is 8.53. The lowest BCUT2D eigenvalue weighted by molar-refractivity contribution is -0.143. The second-order valence-corrected chi connectivity index (χ2v) is 11.8. The van der Waals surface area contributed by atoms with Crippen LogP contribution in [0.2, 0.25) is 0 Å². The molecule has 0 amide bonds. The van der Waals surface area contributed by atoms with Gasteiger partial charge in [-0.05, 0) is 44.7 Å². The molecule has 3 heterocycles. The molecule has 4 aromatic rings. The predicted molar refractivity (Wildman–Crippen MR) is 140 cm³/mol. The zero-order valence-electron chi connectivity index (χ0n) is 21.7. The average Bonchev–Trinajstić information content (AvgIpc) is 3.44. The summed E-state index contributed by atoms with van der Waals surface area (Å²) in [6.07, 6.45) is 1.66.